The van der Waals surface area contributed by atoms with Crippen LogP contribution in [-0.2, 0) is 0 Å². The van der Waals surface area contributed by atoms with Gasteiger partial charge in [-0.3, -0.25) is 0 Å². The summed E-state index contributed by atoms with van der Waals surface area (Å²) in [5, 5.41) is 13.2. The summed E-state index contributed by atoms with van der Waals surface area (Å²) < 4.78 is 6.77. The Kier molecular flexibility index (Phi) is 3.14. The van der Waals surface area contributed by atoms with E-state index in [-0.39, 0.29) is 6.10 Å². The van der Waals surface area contributed by atoms with Crippen LogP contribution in [0.3, 0.4) is 0 Å². The Labute approximate surface area is 122 Å². The molecule has 1 aliphatic rings. The van der Waals surface area contributed by atoms with E-state index in [9.17, 15) is 5.21 Å². The van der Waals surface area contributed by atoms with Crippen LogP contribution in [0.4, 0.5) is 5.69 Å². The molecule has 0 N–H and O–H groups in total. The predicted molar refractivity (Wildman–Crippen MR) is 80.1 cm³/mol. The number of nitrogens with zero attached hydrogens (tertiary/aromatic N) is 1. The Balaban J connectivity index is 2.24. The van der Waals surface area contributed by atoms with E-state index in [0.717, 1.165) is 10.3 Å². The minimum atomic E-state index is -0.345. The molecule has 0 saturated heterocycles. The summed E-state index contributed by atoms with van der Waals surface area (Å²) in [6, 6.07) is 12.9. The van der Waals surface area contributed by atoms with Crippen molar-refractivity contribution in [3.8, 4) is 5.75 Å². The summed E-state index contributed by atoms with van der Waals surface area (Å²) in [4.78, 5) is 0. The fraction of sp³-hybridized carbons (Fsp3) is 0.188. The van der Waals surface area contributed by atoms with E-state index in [2.05, 4.69) is 0 Å². The number of hydrogen-bond donors (Lipinski definition) is 0. The average Bonchev–Trinajstić information content (AvgIpc) is 2.42. The highest BCUT2D eigenvalue weighted by atomic mass is 35.5. The van der Waals surface area contributed by atoms with Crippen LogP contribution in [0.1, 0.15) is 18.1 Å². The monoisotopic (exact) mass is 287 g/mol. The highest BCUT2D eigenvalue weighted by Crippen LogP contribution is 2.34. The maximum Gasteiger partial charge on any atom is 0.259 e. The van der Waals surface area contributed by atoms with Crippen molar-refractivity contribution in [3.05, 3.63) is 63.8 Å². The van der Waals surface area contributed by atoms with Crippen LogP contribution in [0.15, 0.2) is 42.5 Å². The van der Waals surface area contributed by atoms with E-state index in [4.69, 9.17) is 16.3 Å². The van der Waals surface area contributed by atoms with E-state index in [0.29, 0.717) is 27.7 Å². The van der Waals surface area contributed by atoms with Gasteiger partial charge < -0.3 is 9.94 Å². The number of hydrogen-bond acceptors (Lipinski definition) is 2. The number of benzene rings is 2. The van der Waals surface area contributed by atoms with Crippen LogP contribution in [-0.4, -0.2) is 16.6 Å². The molecule has 0 aromatic heterocycles. The molecule has 4 heteroatoms. The fourth-order valence-corrected chi connectivity index (χ4v) is 2.66. The van der Waals surface area contributed by atoms with Crippen LogP contribution in [0, 0.1) is 12.1 Å². The smallest absolute Gasteiger partial charge is 0.259 e. The SMILES string of the molecule is Cc1ccc2c(c1)[N+]([O-])=C(c1ccccc1Cl)C(C)O2. The van der Waals surface area contributed by atoms with Gasteiger partial charge in [0.05, 0.1) is 10.6 Å². The summed E-state index contributed by atoms with van der Waals surface area (Å²) in [5.74, 6) is 0.605. The Hall–Kier alpha value is -2.00. The summed E-state index contributed by atoms with van der Waals surface area (Å²) >= 11 is 6.20. The van der Waals surface area contributed by atoms with E-state index in [1.165, 1.54) is 0 Å². The molecule has 0 saturated carbocycles. The van der Waals surface area contributed by atoms with Crippen molar-refractivity contribution in [2.45, 2.75) is 20.0 Å². The van der Waals surface area contributed by atoms with Crippen molar-refractivity contribution in [3.63, 3.8) is 0 Å². The van der Waals surface area contributed by atoms with Gasteiger partial charge >= 0.3 is 0 Å². The predicted octanol–water partition coefficient (Wildman–Crippen LogP) is 4.06. The highest BCUT2D eigenvalue weighted by molar-refractivity contribution is 6.34. The standard InChI is InChI=1S/C16H14ClNO2/c1-10-7-8-15-14(9-10)18(19)16(11(2)20-15)12-5-3-4-6-13(12)17/h3-9,11H,1-2H3. The van der Waals surface area contributed by atoms with Crippen molar-refractivity contribution >= 4 is 23.0 Å². The lowest BCUT2D eigenvalue weighted by Gasteiger charge is -2.24. The lowest BCUT2D eigenvalue weighted by Crippen LogP contribution is -2.34. The maximum atomic E-state index is 12.7. The molecule has 1 atom stereocenters. The van der Waals surface area contributed by atoms with Gasteiger partial charge in [-0.2, -0.15) is 4.74 Å². The van der Waals surface area contributed by atoms with Gasteiger partial charge in [-0.15, -0.1) is 0 Å². The molecule has 1 aliphatic heterocycles. The average molecular weight is 288 g/mol. The third kappa shape index (κ3) is 2.04. The van der Waals surface area contributed by atoms with Gasteiger partial charge in [-0.25, -0.2) is 0 Å². The molecule has 2 aromatic carbocycles. The van der Waals surface area contributed by atoms with Crippen molar-refractivity contribution < 1.29 is 9.48 Å². The molecule has 3 rings (SSSR count). The minimum absolute atomic E-state index is 0.345. The molecule has 0 bridgehead atoms. The van der Waals surface area contributed by atoms with Gasteiger partial charge in [0, 0.05) is 6.07 Å². The molecule has 20 heavy (non-hydrogen) atoms. The third-order valence-corrected chi connectivity index (χ3v) is 3.72. The molecule has 1 unspecified atom stereocenters. The van der Waals surface area contributed by atoms with Crippen molar-refractivity contribution in [1.82, 2.24) is 0 Å². The normalized spacial score (nSPS) is 17.6. The minimum Gasteiger partial charge on any atom is -0.618 e. The van der Waals surface area contributed by atoms with Crippen LogP contribution < -0.4 is 4.74 Å². The largest absolute Gasteiger partial charge is 0.618 e. The van der Waals surface area contributed by atoms with Crippen molar-refractivity contribution in [2.75, 3.05) is 0 Å². The molecule has 0 amide bonds. The van der Waals surface area contributed by atoms with Gasteiger partial charge in [0.25, 0.3) is 5.69 Å². The van der Waals surface area contributed by atoms with Gasteiger partial charge in [0.1, 0.15) is 0 Å². The number of halogens is 1. The van der Waals surface area contributed by atoms with E-state index >= 15 is 0 Å². The van der Waals surface area contributed by atoms with Crippen LogP contribution in [0.25, 0.3) is 0 Å². The molecule has 0 spiro atoms. The summed E-state index contributed by atoms with van der Waals surface area (Å²) in [7, 11) is 0. The van der Waals surface area contributed by atoms with Crippen molar-refractivity contribution in [2.24, 2.45) is 0 Å². The van der Waals surface area contributed by atoms with Gasteiger partial charge in [-0.1, -0.05) is 29.8 Å². The van der Waals surface area contributed by atoms with Gasteiger partial charge in [0.2, 0.25) is 5.71 Å². The second kappa shape index (κ2) is 4.84. The quantitative estimate of drug-likeness (QED) is 0.586. The van der Waals surface area contributed by atoms with E-state index < -0.39 is 0 Å². The zero-order valence-electron chi connectivity index (χ0n) is 11.3. The zero-order chi connectivity index (χ0) is 14.3. The van der Waals surface area contributed by atoms with Crippen LogP contribution in [0.2, 0.25) is 5.02 Å². The van der Waals surface area contributed by atoms with E-state index in [1.807, 2.05) is 50.2 Å². The van der Waals surface area contributed by atoms with Gasteiger partial charge in [0.15, 0.2) is 11.9 Å². The number of aryl methyl sites for hydroxylation is 1. The molecule has 102 valence electrons. The molecule has 3 nitrogen and oxygen atoms in total. The first-order valence-corrected chi connectivity index (χ1v) is 6.82. The highest BCUT2D eigenvalue weighted by Gasteiger charge is 2.32. The van der Waals surface area contributed by atoms with Gasteiger partial charge in [-0.05, 0) is 37.6 Å². The Morgan fingerprint density at radius 3 is 2.70 bits per heavy atom. The number of fused-ring (bicyclic) bond motifs is 1. The second-order valence-corrected chi connectivity index (χ2v) is 5.30. The van der Waals surface area contributed by atoms with Crippen LogP contribution in [0.5, 0.6) is 5.75 Å². The lowest BCUT2D eigenvalue weighted by atomic mass is 10.0. The zero-order valence-corrected chi connectivity index (χ0v) is 12.0. The first kappa shape index (κ1) is 13.0. The Morgan fingerprint density at radius 1 is 1.20 bits per heavy atom. The molecular weight excluding hydrogens is 274 g/mol. The molecule has 1 heterocycles. The van der Waals surface area contributed by atoms with Crippen LogP contribution >= 0.6 is 11.6 Å². The van der Waals surface area contributed by atoms with Crippen molar-refractivity contribution in [1.29, 1.82) is 0 Å². The Morgan fingerprint density at radius 2 is 1.95 bits per heavy atom. The second-order valence-electron chi connectivity index (χ2n) is 4.89. The molecule has 0 fully saturated rings. The fourth-order valence-electron chi connectivity index (χ4n) is 2.42. The van der Waals surface area contributed by atoms with E-state index in [1.54, 1.807) is 6.07 Å². The Bertz CT molecular complexity index is 709. The first-order valence-electron chi connectivity index (χ1n) is 6.44. The molecular formula is C16H14ClNO2. The number of ether oxygens (including phenoxy) is 1. The lowest BCUT2D eigenvalue weighted by molar-refractivity contribution is -0.370. The molecule has 0 radical (unpaired) electrons. The summed E-state index contributed by atoms with van der Waals surface area (Å²) in [5.41, 5.74) is 2.79. The molecule has 2 aromatic rings. The maximum absolute atomic E-state index is 12.7. The summed E-state index contributed by atoms with van der Waals surface area (Å²) in [6.45, 7) is 3.80. The first-order chi connectivity index (χ1) is 9.58. The summed E-state index contributed by atoms with van der Waals surface area (Å²) in [6.07, 6.45) is -0.345. The molecule has 0 aliphatic carbocycles. The topological polar surface area (TPSA) is 35.3 Å². The number of rotatable bonds is 1. The third-order valence-electron chi connectivity index (χ3n) is 3.39.